The van der Waals surface area contributed by atoms with Gasteiger partial charge in [-0.05, 0) is 43.0 Å². The van der Waals surface area contributed by atoms with Gasteiger partial charge in [-0.15, -0.1) is 0 Å². The fourth-order valence-corrected chi connectivity index (χ4v) is 3.01. The van der Waals surface area contributed by atoms with E-state index in [0.29, 0.717) is 38.6 Å². The molecule has 0 radical (unpaired) electrons. The Kier molecular flexibility index (Phi) is 4.83. The Morgan fingerprint density at radius 2 is 1.71 bits per heavy atom. The lowest BCUT2D eigenvalue weighted by Gasteiger charge is -2.35. The summed E-state index contributed by atoms with van der Waals surface area (Å²) in [5.74, 6) is 0.183. The minimum atomic E-state index is -4.39. The summed E-state index contributed by atoms with van der Waals surface area (Å²) in [6, 6.07) is 4.34. The highest BCUT2D eigenvalue weighted by Crippen LogP contribution is 2.33. The summed E-state index contributed by atoms with van der Waals surface area (Å²) < 4.78 is 37.7. The van der Waals surface area contributed by atoms with Gasteiger partial charge in [-0.3, -0.25) is 9.69 Å². The van der Waals surface area contributed by atoms with Crippen LogP contribution in [0.3, 0.4) is 0 Å². The van der Waals surface area contributed by atoms with E-state index in [1.807, 2.05) is 0 Å². The predicted octanol–water partition coefficient (Wildman–Crippen LogP) is 2.23. The van der Waals surface area contributed by atoms with E-state index in [1.165, 1.54) is 12.1 Å². The first-order valence-electron chi connectivity index (χ1n) is 8.21. The summed E-state index contributed by atoms with van der Waals surface area (Å²) in [4.78, 5) is 16.2. The second-order valence-corrected chi connectivity index (χ2v) is 6.57. The molecule has 1 saturated carbocycles. The number of nitrogens with zero attached hydrogens (tertiary/aromatic N) is 2. The standard InChI is InChI=1S/C17H21F3N2O2/c18-17(19,20)14-5-3-13(4-6-14)16(24)22-9-7-21(8-10-22)11-15(23)12-1-2-12/h3-6,12,15,23H,1-2,7-11H2. The van der Waals surface area contributed by atoms with Gasteiger partial charge in [0.05, 0.1) is 11.7 Å². The summed E-state index contributed by atoms with van der Waals surface area (Å²) >= 11 is 0. The second kappa shape index (κ2) is 6.72. The Morgan fingerprint density at radius 1 is 1.12 bits per heavy atom. The number of carbonyl (C=O) groups excluding carboxylic acids is 1. The average Bonchev–Trinajstić information content (AvgIpc) is 3.39. The van der Waals surface area contributed by atoms with Crippen LogP contribution in [0, 0.1) is 5.92 Å². The molecule has 2 aliphatic rings. The lowest BCUT2D eigenvalue weighted by molar-refractivity contribution is -0.137. The fourth-order valence-electron chi connectivity index (χ4n) is 3.01. The second-order valence-electron chi connectivity index (χ2n) is 6.57. The Morgan fingerprint density at radius 3 is 2.21 bits per heavy atom. The average molecular weight is 342 g/mol. The largest absolute Gasteiger partial charge is 0.416 e. The molecule has 24 heavy (non-hydrogen) atoms. The van der Waals surface area contributed by atoms with Crippen LogP contribution < -0.4 is 0 Å². The van der Waals surface area contributed by atoms with Crippen molar-refractivity contribution < 1.29 is 23.1 Å². The van der Waals surface area contributed by atoms with Crippen LogP contribution in [0.5, 0.6) is 0 Å². The van der Waals surface area contributed by atoms with Gasteiger partial charge in [0.15, 0.2) is 0 Å². The van der Waals surface area contributed by atoms with Crippen molar-refractivity contribution in [1.29, 1.82) is 0 Å². The van der Waals surface area contributed by atoms with Crippen molar-refractivity contribution >= 4 is 5.91 Å². The van der Waals surface area contributed by atoms with Gasteiger partial charge < -0.3 is 10.0 Å². The van der Waals surface area contributed by atoms with Crippen molar-refractivity contribution in [1.82, 2.24) is 9.80 Å². The number of aliphatic hydroxyl groups excluding tert-OH is 1. The molecule has 1 N–H and O–H groups in total. The highest BCUT2D eigenvalue weighted by Gasteiger charge is 2.33. The third-order valence-corrected chi connectivity index (χ3v) is 4.73. The molecule has 1 heterocycles. The van der Waals surface area contributed by atoms with E-state index in [2.05, 4.69) is 4.90 Å². The number of alkyl halides is 3. The van der Waals surface area contributed by atoms with Crippen LogP contribution in [-0.4, -0.2) is 59.6 Å². The van der Waals surface area contributed by atoms with Crippen molar-refractivity contribution in [3.63, 3.8) is 0 Å². The molecule has 3 rings (SSSR count). The minimum Gasteiger partial charge on any atom is -0.392 e. The molecule has 2 fully saturated rings. The Balaban J connectivity index is 1.53. The SMILES string of the molecule is O=C(c1ccc(C(F)(F)F)cc1)N1CCN(CC(O)C2CC2)CC1. The molecule has 0 aromatic heterocycles. The number of rotatable bonds is 4. The molecule has 1 aromatic carbocycles. The topological polar surface area (TPSA) is 43.8 Å². The van der Waals surface area contributed by atoms with Crippen LogP contribution in [0.1, 0.15) is 28.8 Å². The molecule has 1 aromatic rings. The first-order chi connectivity index (χ1) is 11.3. The molecular weight excluding hydrogens is 321 g/mol. The van der Waals surface area contributed by atoms with E-state index >= 15 is 0 Å². The maximum Gasteiger partial charge on any atom is 0.416 e. The molecule has 7 heteroatoms. The number of hydrogen-bond acceptors (Lipinski definition) is 3. The van der Waals surface area contributed by atoms with Crippen LogP contribution in [0.2, 0.25) is 0 Å². The van der Waals surface area contributed by atoms with E-state index in [4.69, 9.17) is 0 Å². The summed E-state index contributed by atoms with van der Waals surface area (Å²) in [6.45, 7) is 3.04. The Bertz CT molecular complexity index is 576. The summed E-state index contributed by atoms with van der Waals surface area (Å²) in [5.41, 5.74) is -0.479. The number of β-amino-alcohol motifs (C(OH)–C–C–N with tert-alkyl or cyclic N) is 1. The van der Waals surface area contributed by atoms with Crippen molar-refractivity contribution in [2.24, 2.45) is 5.92 Å². The van der Waals surface area contributed by atoms with E-state index in [9.17, 15) is 23.1 Å². The zero-order chi connectivity index (χ0) is 17.3. The minimum absolute atomic E-state index is 0.244. The molecule has 0 spiro atoms. The summed E-state index contributed by atoms with van der Waals surface area (Å²) in [7, 11) is 0. The van der Waals surface area contributed by atoms with E-state index in [-0.39, 0.29) is 17.6 Å². The third kappa shape index (κ3) is 4.08. The predicted molar refractivity (Wildman–Crippen MR) is 82.5 cm³/mol. The normalized spacial score (nSPS) is 20.9. The third-order valence-electron chi connectivity index (χ3n) is 4.73. The van der Waals surface area contributed by atoms with Gasteiger partial charge in [0.25, 0.3) is 5.91 Å². The molecule has 132 valence electrons. The lowest BCUT2D eigenvalue weighted by Crippen LogP contribution is -2.50. The molecule has 4 nitrogen and oxygen atoms in total. The molecule has 1 aliphatic carbocycles. The number of amides is 1. The van der Waals surface area contributed by atoms with E-state index < -0.39 is 11.7 Å². The molecule has 1 unspecified atom stereocenters. The van der Waals surface area contributed by atoms with Gasteiger partial charge in [0.2, 0.25) is 0 Å². The number of benzene rings is 1. The highest BCUT2D eigenvalue weighted by molar-refractivity contribution is 5.94. The summed E-state index contributed by atoms with van der Waals surface area (Å²) in [6.07, 6.45) is -2.50. The van der Waals surface area contributed by atoms with Crippen LogP contribution in [0.25, 0.3) is 0 Å². The first kappa shape index (κ1) is 17.2. The molecule has 0 bridgehead atoms. The number of aliphatic hydroxyl groups is 1. The Hall–Kier alpha value is -1.60. The zero-order valence-corrected chi connectivity index (χ0v) is 13.3. The van der Waals surface area contributed by atoms with Gasteiger partial charge in [0.1, 0.15) is 0 Å². The lowest BCUT2D eigenvalue weighted by atomic mass is 10.1. The number of hydrogen-bond donors (Lipinski definition) is 1. The molecule has 1 atom stereocenters. The van der Waals surface area contributed by atoms with Crippen molar-refractivity contribution in [3.8, 4) is 0 Å². The van der Waals surface area contributed by atoms with Crippen molar-refractivity contribution in [2.45, 2.75) is 25.1 Å². The van der Waals surface area contributed by atoms with Gasteiger partial charge in [-0.1, -0.05) is 0 Å². The van der Waals surface area contributed by atoms with Gasteiger partial charge in [-0.25, -0.2) is 0 Å². The first-order valence-corrected chi connectivity index (χ1v) is 8.21. The number of halogens is 3. The van der Waals surface area contributed by atoms with Crippen molar-refractivity contribution in [2.75, 3.05) is 32.7 Å². The maximum atomic E-state index is 12.6. The molecular formula is C17H21F3N2O2. The summed E-state index contributed by atoms with van der Waals surface area (Å²) in [5, 5.41) is 9.97. The molecule has 1 amide bonds. The quantitative estimate of drug-likeness (QED) is 0.913. The smallest absolute Gasteiger partial charge is 0.392 e. The Labute approximate surface area is 138 Å². The van der Waals surface area contributed by atoms with Crippen LogP contribution in [-0.2, 0) is 6.18 Å². The molecule has 1 saturated heterocycles. The van der Waals surface area contributed by atoms with Crippen LogP contribution in [0.15, 0.2) is 24.3 Å². The van der Waals surface area contributed by atoms with E-state index in [1.54, 1.807) is 4.90 Å². The zero-order valence-electron chi connectivity index (χ0n) is 13.3. The fraction of sp³-hybridized carbons (Fsp3) is 0.588. The van der Waals surface area contributed by atoms with Crippen LogP contribution in [0.4, 0.5) is 13.2 Å². The van der Waals surface area contributed by atoms with Gasteiger partial charge >= 0.3 is 6.18 Å². The van der Waals surface area contributed by atoms with E-state index in [0.717, 1.165) is 25.0 Å². The number of carbonyl (C=O) groups is 1. The number of piperazine rings is 1. The molecule has 1 aliphatic heterocycles. The highest BCUT2D eigenvalue weighted by atomic mass is 19.4. The maximum absolute atomic E-state index is 12.6. The monoisotopic (exact) mass is 342 g/mol. The van der Waals surface area contributed by atoms with Gasteiger partial charge in [0, 0.05) is 38.3 Å². The van der Waals surface area contributed by atoms with Crippen LogP contribution >= 0.6 is 0 Å². The van der Waals surface area contributed by atoms with Crippen molar-refractivity contribution in [3.05, 3.63) is 35.4 Å². The van der Waals surface area contributed by atoms with Gasteiger partial charge in [-0.2, -0.15) is 13.2 Å².